The molecule has 0 amide bonds. The van der Waals surface area contributed by atoms with Crippen LogP contribution in [0.3, 0.4) is 0 Å². The van der Waals surface area contributed by atoms with Gasteiger partial charge in [-0.3, -0.25) is 0 Å². The molecular formula is C8H10N4S. The Morgan fingerprint density at radius 2 is 2.46 bits per heavy atom. The van der Waals surface area contributed by atoms with Gasteiger partial charge in [0.1, 0.15) is 5.01 Å². The highest BCUT2D eigenvalue weighted by Crippen LogP contribution is 2.22. The Bertz CT molecular complexity index is 404. The smallest absolute Gasteiger partial charge is 0.141 e. The van der Waals surface area contributed by atoms with E-state index in [0.29, 0.717) is 6.54 Å². The van der Waals surface area contributed by atoms with E-state index in [2.05, 4.69) is 9.97 Å². The molecule has 0 aliphatic carbocycles. The van der Waals surface area contributed by atoms with Crippen molar-refractivity contribution in [2.45, 2.75) is 6.54 Å². The van der Waals surface area contributed by atoms with Crippen molar-refractivity contribution in [3.8, 4) is 10.7 Å². The summed E-state index contributed by atoms with van der Waals surface area (Å²) >= 11 is 1.59. The fourth-order valence-corrected chi connectivity index (χ4v) is 1.97. The van der Waals surface area contributed by atoms with Crippen LogP contribution >= 0.6 is 11.3 Å². The van der Waals surface area contributed by atoms with E-state index >= 15 is 0 Å². The number of nitrogens with zero attached hydrogens (tertiary/aromatic N) is 3. The van der Waals surface area contributed by atoms with Crippen LogP contribution in [0, 0.1) is 0 Å². The molecule has 0 aromatic carbocycles. The van der Waals surface area contributed by atoms with Crippen molar-refractivity contribution in [3.63, 3.8) is 0 Å². The van der Waals surface area contributed by atoms with Crippen LogP contribution in [0.4, 0.5) is 0 Å². The Labute approximate surface area is 80.1 Å². The third kappa shape index (κ3) is 1.48. The van der Waals surface area contributed by atoms with Gasteiger partial charge in [0.15, 0.2) is 0 Å². The number of thiazole rings is 1. The summed E-state index contributed by atoms with van der Waals surface area (Å²) in [5.74, 6) is 0. The van der Waals surface area contributed by atoms with Gasteiger partial charge in [0, 0.05) is 19.0 Å². The SMILES string of the molecule is Cn1cncc1-c1nc(CN)cs1. The van der Waals surface area contributed by atoms with Crippen molar-refractivity contribution in [2.75, 3.05) is 0 Å². The maximum Gasteiger partial charge on any atom is 0.141 e. The third-order valence-electron chi connectivity index (χ3n) is 1.80. The second kappa shape index (κ2) is 3.27. The molecular weight excluding hydrogens is 184 g/mol. The molecule has 0 fully saturated rings. The minimum Gasteiger partial charge on any atom is -0.332 e. The second-order valence-electron chi connectivity index (χ2n) is 2.74. The highest BCUT2D eigenvalue weighted by atomic mass is 32.1. The molecule has 0 saturated carbocycles. The van der Waals surface area contributed by atoms with Crippen molar-refractivity contribution < 1.29 is 0 Å². The fourth-order valence-electron chi connectivity index (χ4n) is 1.08. The number of imidazole rings is 1. The Morgan fingerprint density at radius 1 is 1.62 bits per heavy atom. The molecule has 0 spiro atoms. The summed E-state index contributed by atoms with van der Waals surface area (Å²) in [4.78, 5) is 8.40. The van der Waals surface area contributed by atoms with Crippen LogP contribution in [-0.4, -0.2) is 14.5 Å². The molecule has 0 saturated heterocycles. The zero-order chi connectivity index (χ0) is 9.26. The first-order valence-electron chi connectivity index (χ1n) is 3.92. The predicted octanol–water partition coefficient (Wildman–Crippen LogP) is 1.00. The molecule has 0 aliphatic rings. The lowest BCUT2D eigenvalue weighted by atomic mass is 10.4. The molecule has 2 N–H and O–H groups in total. The summed E-state index contributed by atoms with van der Waals surface area (Å²) in [6.45, 7) is 0.494. The molecule has 2 rings (SSSR count). The highest BCUT2D eigenvalue weighted by molar-refractivity contribution is 7.13. The number of hydrogen-bond donors (Lipinski definition) is 1. The van der Waals surface area contributed by atoms with Gasteiger partial charge in [-0.2, -0.15) is 0 Å². The summed E-state index contributed by atoms with van der Waals surface area (Å²) in [6, 6.07) is 0. The van der Waals surface area contributed by atoms with Crippen LogP contribution in [0.15, 0.2) is 17.9 Å². The molecule has 0 atom stereocenters. The van der Waals surface area contributed by atoms with Crippen LogP contribution in [0.2, 0.25) is 0 Å². The predicted molar refractivity (Wildman–Crippen MR) is 52.2 cm³/mol. The number of hydrogen-bond acceptors (Lipinski definition) is 4. The van der Waals surface area contributed by atoms with Crippen LogP contribution in [0.25, 0.3) is 10.7 Å². The summed E-state index contributed by atoms with van der Waals surface area (Å²) in [7, 11) is 1.95. The zero-order valence-electron chi connectivity index (χ0n) is 7.27. The van der Waals surface area contributed by atoms with Crippen molar-refractivity contribution >= 4 is 11.3 Å². The van der Waals surface area contributed by atoms with Crippen LogP contribution < -0.4 is 5.73 Å². The average molecular weight is 194 g/mol. The molecule has 0 bridgehead atoms. The van der Waals surface area contributed by atoms with E-state index in [9.17, 15) is 0 Å². The molecule has 0 aliphatic heterocycles. The van der Waals surface area contributed by atoms with Crippen molar-refractivity contribution in [1.29, 1.82) is 0 Å². The maximum atomic E-state index is 5.48. The molecule has 0 unspecified atom stereocenters. The van der Waals surface area contributed by atoms with Crippen LogP contribution in [-0.2, 0) is 13.6 Å². The van der Waals surface area contributed by atoms with Gasteiger partial charge in [0.25, 0.3) is 0 Å². The molecule has 4 nitrogen and oxygen atoms in total. The van der Waals surface area contributed by atoms with E-state index in [1.807, 2.05) is 17.0 Å². The monoisotopic (exact) mass is 194 g/mol. The van der Waals surface area contributed by atoms with Gasteiger partial charge < -0.3 is 10.3 Å². The van der Waals surface area contributed by atoms with E-state index in [1.54, 1.807) is 23.9 Å². The minimum absolute atomic E-state index is 0.494. The first-order chi connectivity index (χ1) is 6.31. The highest BCUT2D eigenvalue weighted by Gasteiger charge is 2.06. The van der Waals surface area contributed by atoms with Gasteiger partial charge in [-0.05, 0) is 0 Å². The van der Waals surface area contributed by atoms with Crippen LogP contribution in [0.1, 0.15) is 5.69 Å². The molecule has 2 aromatic heterocycles. The lowest BCUT2D eigenvalue weighted by molar-refractivity contribution is 0.916. The minimum atomic E-state index is 0.494. The largest absolute Gasteiger partial charge is 0.332 e. The second-order valence-corrected chi connectivity index (χ2v) is 3.60. The topological polar surface area (TPSA) is 56.7 Å². The molecule has 2 aromatic rings. The lowest BCUT2D eigenvalue weighted by Gasteiger charge is -1.95. The molecule has 13 heavy (non-hydrogen) atoms. The van der Waals surface area contributed by atoms with E-state index in [1.165, 1.54) is 0 Å². The Balaban J connectivity index is 2.41. The van der Waals surface area contributed by atoms with E-state index in [4.69, 9.17) is 5.73 Å². The lowest BCUT2D eigenvalue weighted by Crippen LogP contribution is -1.96. The number of nitrogens with two attached hydrogens (primary N) is 1. The van der Waals surface area contributed by atoms with Gasteiger partial charge in [-0.15, -0.1) is 11.3 Å². The van der Waals surface area contributed by atoms with E-state index in [-0.39, 0.29) is 0 Å². The normalized spacial score (nSPS) is 10.6. The van der Waals surface area contributed by atoms with Crippen molar-refractivity contribution in [3.05, 3.63) is 23.6 Å². The first-order valence-corrected chi connectivity index (χ1v) is 4.80. The summed E-state index contributed by atoms with van der Waals surface area (Å²) in [6.07, 6.45) is 3.57. The summed E-state index contributed by atoms with van der Waals surface area (Å²) in [5.41, 5.74) is 7.44. The Morgan fingerprint density at radius 3 is 3.00 bits per heavy atom. The quantitative estimate of drug-likeness (QED) is 0.776. The standard InChI is InChI=1S/C8H10N4S/c1-12-5-10-3-7(12)8-11-6(2-9)4-13-8/h3-5H,2,9H2,1H3. The molecule has 0 radical (unpaired) electrons. The van der Waals surface area contributed by atoms with Gasteiger partial charge in [-0.1, -0.05) is 0 Å². The zero-order valence-corrected chi connectivity index (χ0v) is 8.08. The van der Waals surface area contributed by atoms with Gasteiger partial charge in [-0.25, -0.2) is 9.97 Å². The summed E-state index contributed by atoms with van der Waals surface area (Å²) < 4.78 is 1.94. The molecule has 2 heterocycles. The fraction of sp³-hybridized carbons (Fsp3) is 0.250. The molecule has 5 heteroatoms. The number of aromatic nitrogens is 3. The Hall–Kier alpha value is -1.20. The number of aryl methyl sites for hydroxylation is 1. The number of rotatable bonds is 2. The molecule has 68 valence electrons. The summed E-state index contributed by atoms with van der Waals surface area (Å²) in [5, 5.41) is 2.95. The first kappa shape index (κ1) is 8.40. The van der Waals surface area contributed by atoms with Crippen molar-refractivity contribution in [2.24, 2.45) is 12.8 Å². The third-order valence-corrected chi connectivity index (χ3v) is 2.71. The van der Waals surface area contributed by atoms with Gasteiger partial charge >= 0.3 is 0 Å². The Kier molecular flexibility index (Phi) is 2.12. The van der Waals surface area contributed by atoms with Gasteiger partial charge in [0.05, 0.1) is 23.9 Å². The van der Waals surface area contributed by atoms with E-state index < -0.39 is 0 Å². The average Bonchev–Trinajstić information content (AvgIpc) is 2.71. The van der Waals surface area contributed by atoms with Crippen molar-refractivity contribution in [1.82, 2.24) is 14.5 Å². The van der Waals surface area contributed by atoms with Gasteiger partial charge in [0.2, 0.25) is 0 Å². The van der Waals surface area contributed by atoms with Crippen LogP contribution in [0.5, 0.6) is 0 Å². The van der Waals surface area contributed by atoms with E-state index in [0.717, 1.165) is 16.4 Å². The maximum absolute atomic E-state index is 5.48.